The van der Waals surface area contributed by atoms with E-state index in [0.29, 0.717) is 5.95 Å². The molecule has 0 saturated carbocycles. The first-order chi connectivity index (χ1) is 7.07. The molecule has 1 fully saturated rings. The van der Waals surface area contributed by atoms with Crippen molar-refractivity contribution in [1.29, 1.82) is 0 Å². The summed E-state index contributed by atoms with van der Waals surface area (Å²) >= 11 is 0. The molecule has 0 aromatic carbocycles. The maximum absolute atomic E-state index is 12.3. The second-order valence-corrected chi connectivity index (χ2v) is 3.59. The number of rotatable bonds is 2. The molecule has 0 N–H and O–H groups in total. The fourth-order valence-electron chi connectivity index (χ4n) is 1.58. The Labute approximate surface area is 134 Å². The molecule has 2 rings (SSSR count). The van der Waals surface area contributed by atoms with Crippen LogP contribution in [0.1, 0.15) is 12.8 Å². The molecule has 3 nitrogen and oxygen atoms in total. The molecule has 0 spiro atoms. The molecule has 16 heavy (non-hydrogen) atoms. The zero-order chi connectivity index (χ0) is 10.9. The molecule has 1 saturated heterocycles. The SMILES string of the molecule is F[B-](F)(F)c1cnc(N2CCCC2)nc1.[K+]. The summed E-state index contributed by atoms with van der Waals surface area (Å²) < 4.78 is 36.8. The van der Waals surface area contributed by atoms with Crippen LogP contribution in [0.25, 0.3) is 0 Å². The second-order valence-electron chi connectivity index (χ2n) is 3.59. The summed E-state index contributed by atoms with van der Waals surface area (Å²) in [6.45, 7) is -3.32. The molecule has 1 aromatic heterocycles. The van der Waals surface area contributed by atoms with Crippen molar-refractivity contribution in [2.24, 2.45) is 0 Å². The van der Waals surface area contributed by atoms with Crippen LogP contribution in [0.3, 0.4) is 0 Å². The Kier molecular flexibility index (Phi) is 5.24. The van der Waals surface area contributed by atoms with Gasteiger partial charge in [-0.15, -0.1) is 0 Å². The molecular weight excluding hydrogens is 245 g/mol. The maximum Gasteiger partial charge on any atom is 1.00 e. The molecule has 1 aliphatic heterocycles. The fraction of sp³-hybridized carbons (Fsp3) is 0.500. The van der Waals surface area contributed by atoms with Crippen LogP contribution in [0.15, 0.2) is 12.4 Å². The smallest absolute Gasteiger partial charge is 0.445 e. The van der Waals surface area contributed by atoms with E-state index in [1.807, 2.05) is 4.90 Å². The van der Waals surface area contributed by atoms with Crippen LogP contribution in [0.2, 0.25) is 0 Å². The van der Waals surface area contributed by atoms with Crippen molar-refractivity contribution in [3.8, 4) is 0 Å². The molecular formula is C8H10BF3KN3. The molecule has 1 aliphatic rings. The van der Waals surface area contributed by atoms with Crippen LogP contribution in [0.5, 0.6) is 0 Å². The Balaban J connectivity index is 0.00000128. The predicted molar refractivity (Wildman–Crippen MR) is 52.2 cm³/mol. The molecule has 0 atom stereocenters. The van der Waals surface area contributed by atoms with Crippen LogP contribution in [-0.2, 0) is 0 Å². The third-order valence-electron chi connectivity index (χ3n) is 2.43. The number of anilines is 1. The van der Waals surface area contributed by atoms with Gasteiger partial charge in [0.05, 0.1) is 0 Å². The molecule has 0 bridgehead atoms. The van der Waals surface area contributed by atoms with Gasteiger partial charge >= 0.3 is 58.4 Å². The molecule has 0 unspecified atom stereocenters. The van der Waals surface area contributed by atoms with Crippen LogP contribution in [-0.4, -0.2) is 30.0 Å². The Morgan fingerprint density at radius 1 is 1.06 bits per heavy atom. The average molecular weight is 255 g/mol. The van der Waals surface area contributed by atoms with Crippen molar-refractivity contribution in [2.45, 2.75) is 12.8 Å². The van der Waals surface area contributed by atoms with Crippen LogP contribution >= 0.6 is 0 Å². The first kappa shape index (κ1) is 14.4. The predicted octanol–water partition coefficient (Wildman–Crippen LogP) is -1.86. The molecule has 8 heteroatoms. The normalized spacial score (nSPS) is 16.1. The third-order valence-corrected chi connectivity index (χ3v) is 2.43. The molecule has 1 aromatic rings. The van der Waals surface area contributed by atoms with Gasteiger partial charge in [0, 0.05) is 25.5 Å². The minimum absolute atomic E-state index is 0. The van der Waals surface area contributed by atoms with Gasteiger partial charge in [-0.05, 0) is 12.8 Å². The summed E-state index contributed by atoms with van der Waals surface area (Å²) in [6.07, 6.45) is 3.82. The monoisotopic (exact) mass is 255 g/mol. The fourth-order valence-corrected chi connectivity index (χ4v) is 1.58. The zero-order valence-electron chi connectivity index (χ0n) is 9.04. The van der Waals surface area contributed by atoms with Crippen molar-refractivity contribution >= 4 is 18.4 Å². The minimum atomic E-state index is -4.98. The topological polar surface area (TPSA) is 29.0 Å². The molecule has 0 radical (unpaired) electrons. The van der Waals surface area contributed by atoms with Crippen molar-refractivity contribution < 1.29 is 64.3 Å². The summed E-state index contributed by atoms with van der Waals surface area (Å²) in [6, 6.07) is 0. The van der Waals surface area contributed by atoms with Crippen LogP contribution in [0.4, 0.5) is 18.9 Å². The summed E-state index contributed by atoms with van der Waals surface area (Å²) in [5.74, 6) is 0.399. The first-order valence-electron chi connectivity index (χ1n) is 4.84. The summed E-state index contributed by atoms with van der Waals surface area (Å²) in [5.41, 5.74) is -0.738. The van der Waals surface area contributed by atoms with Gasteiger partial charge in [-0.25, -0.2) is 9.97 Å². The first-order valence-corrected chi connectivity index (χ1v) is 4.84. The van der Waals surface area contributed by atoms with E-state index in [1.54, 1.807) is 0 Å². The number of halogens is 3. The summed E-state index contributed by atoms with van der Waals surface area (Å²) in [7, 11) is 0. The third kappa shape index (κ3) is 3.43. The minimum Gasteiger partial charge on any atom is -0.445 e. The Morgan fingerprint density at radius 2 is 1.56 bits per heavy atom. The number of nitrogens with zero attached hydrogens (tertiary/aromatic N) is 3. The Hall–Kier alpha value is 0.371. The van der Waals surface area contributed by atoms with Crippen LogP contribution < -0.4 is 61.7 Å². The number of hydrogen-bond donors (Lipinski definition) is 0. The summed E-state index contributed by atoms with van der Waals surface area (Å²) in [4.78, 5) is 9.37. The number of aromatic nitrogens is 2. The van der Waals surface area contributed by atoms with E-state index in [4.69, 9.17) is 0 Å². The van der Waals surface area contributed by atoms with Gasteiger partial charge in [-0.1, -0.05) is 5.46 Å². The van der Waals surface area contributed by atoms with E-state index < -0.39 is 12.4 Å². The van der Waals surface area contributed by atoms with E-state index in [2.05, 4.69) is 9.97 Å². The van der Waals surface area contributed by atoms with Gasteiger partial charge in [0.2, 0.25) is 5.95 Å². The Morgan fingerprint density at radius 3 is 2.00 bits per heavy atom. The van der Waals surface area contributed by atoms with Gasteiger partial charge in [0.15, 0.2) is 0 Å². The summed E-state index contributed by atoms with van der Waals surface area (Å²) in [5, 5.41) is 0. The van der Waals surface area contributed by atoms with Gasteiger partial charge < -0.3 is 17.8 Å². The van der Waals surface area contributed by atoms with Gasteiger partial charge in [-0.3, -0.25) is 0 Å². The largest absolute Gasteiger partial charge is 1.00 e. The van der Waals surface area contributed by atoms with Gasteiger partial charge in [-0.2, -0.15) is 0 Å². The standard InChI is InChI=1S/C8H10BF3N3.K/c10-9(11,12)7-5-13-8(14-6-7)15-3-1-2-4-15;/h5-6H,1-4H2;/q-1;+1. The number of hydrogen-bond acceptors (Lipinski definition) is 3. The quantitative estimate of drug-likeness (QED) is 0.580. The second kappa shape index (κ2) is 5.81. The van der Waals surface area contributed by atoms with E-state index in [1.165, 1.54) is 0 Å². The van der Waals surface area contributed by atoms with E-state index in [0.717, 1.165) is 38.3 Å². The molecule has 82 valence electrons. The van der Waals surface area contributed by atoms with Gasteiger partial charge in [0.1, 0.15) is 0 Å². The zero-order valence-corrected chi connectivity index (χ0v) is 12.2. The van der Waals surface area contributed by atoms with Crippen molar-refractivity contribution in [2.75, 3.05) is 18.0 Å². The van der Waals surface area contributed by atoms with E-state index in [9.17, 15) is 12.9 Å². The van der Waals surface area contributed by atoms with Crippen molar-refractivity contribution in [3.05, 3.63) is 12.4 Å². The van der Waals surface area contributed by atoms with E-state index >= 15 is 0 Å². The maximum atomic E-state index is 12.3. The Bertz CT molecular complexity index is 337. The molecule has 0 amide bonds. The van der Waals surface area contributed by atoms with E-state index in [-0.39, 0.29) is 51.4 Å². The molecule has 2 heterocycles. The van der Waals surface area contributed by atoms with Crippen LogP contribution in [0, 0.1) is 0 Å². The van der Waals surface area contributed by atoms with Crippen molar-refractivity contribution in [1.82, 2.24) is 9.97 Å². The molecule has 0 aliphatic carbocycles. The van der Waals surface area contributed by atoms with Crippen molar-refractivity contribution in [3.63, 3.8) is 0 Å². The average Bonchev–Trinajstić information content (AvgIpc) is 2.69. The van der Waals surface area contributed by atoms with Gasteiger partial charge in [0.25, 0.3) is 0 Å².